The molecule has 3 N–H and O–H groups in total. The molecule has 1 amide bonds. The highest BCUT2D eigenvalue weighted by molar-refractivity contribution is 7.80. The van der Waals surface area contributed by atoms with Crippen LogP contribution >= 0.6 is 47.0 Å². The first-order chi connectivity index (χ1) is 14.1. The summed E-state index contributed by atoms with van der Waals surface area (Å²) >= 11 is 23.0. The molecular formula is C18H25Cl3N4O4S. The summed E-state index contributed by atoms with van der Waals surface area (Å²) < 4.78 is 3.08. The fourth-order valence-corrected chi connectivity index (χ4v) is 3.06. The van der Waals surface area contributed by atoms with Gasteiger partial charge in [-0.1, -0.05) is 67.4 Å². The van der Waals surface area contributed by atoms with E-state index in [4.69, 9.17) is 51.8 Å². The number of thiocarbonyl (C=S) groups is 1. The monoisotopic (exact) mass is 498 g/mol. The minimum atomic E-state index is -1.91. The molecule has 0 saturated heterocycles. The topological polar surface area (TPSA) is 106 Å². The maximum atomic E-state index is 12.2. The van der Waals surface area contributed by atoms with Crippen LogP contribution in [0.4, 0.5) is 11.4 Å². The average molecular weight is 500 g/mol. The first kappa shape index (κ1) is 26.5. The summed E-state index contributed by atoms with van der Waals surface area (Å²) in [6.45, 7) is 2.11. The van der Waals surface area contributed by atoms with Crippen LogP contribution in [0.15, 0.2) is 18.2 Å². The van der Waals surface area contributed by atoms with Crippen molar-refractivity contribution in [3.8, 4) is 5.75 Å². The summed E-state index contributed by atoms with van der Waals surface area (Å²) in [5.74, 6) is 0.0186. The van der Waals surface area contributed by atoms with E-state index in [9.17, 15) is 14.9 Å². The molecule has 1 rings (SSSR count). The number of methoxy groups -OCH3 is 1. The van der Waals surface area contributed by atoms with Gasteiger partial charge in [-0.3, -0.25) is 14.9 Å². The highest BCUT2D eigenvalue weighted by Gasteiger charge is 2.34. The molecule has 0 fully saturated rings. The van der Waals surface area contributed by atoms with E-state index in [2.05, 4.69) is 22.9 Å². The number of anilines is 1. The van der Waals surface area contributed by atoms with Crippen LogP contribution in [0.5, 0.6) is 5.75 Å². The molecule has 1 atom stereocenters. The Morgan fingerprint density at radius 3 is 2.47 bits per heavy atom. The van der Waals surface area contributed by atoms with Gasteiger partial charge < -0.3 is 20.7 Å². The van der Waals surface area contributed by atoms with E-state index >= 15 is 0 Å². The van der Waals surface area contributed by atoms with Gasteiger partial charge in [-0.25, -0.2) is 0 Å². The lowest BCUT2D eigenvalue weighted by molar-refractivity contribution is -0.384. The molecular weight excluding hydrogens is 475 g/mol. The number of nitro benzene ring substituents is 1. The minimum absolute atomic E-state index is 0.0668. The van der Waals surface area contributed by atoms with E-state index < -0.39 is 14.9 Å². The van der Waals surface area contributed by atoms with Gasteiger partial charge in [0.2, 0.25) is 9.70 Å². The number of nitrogens with one attached hydrogen (secondary N) is 3. The third-order valence-corrected chi connectivity index (χ3v) is 4.94. The summed E-state index contributed by atoms with van der Waals surface area (Å²) in [4.78, 5) is 22.9. The highest BCUT2D eigenvalue weighted by Crippen LogP contribution is 2.31. The lowest BCUT2D eigenvalue weighted by atomic mass is 10.1. The van der Waals surface area contributed by atoms with E-state index in [1.54, 1.807) is 0 Å². The van der Waals surface area contributed by atoms with Crippen LogP contribution in [-0.2, 0) is 4.79 Å². The van der Waals surface area contributed by atoms with Gasteiger partial charge in [-0.05, 0) is 30.8 Å². The predicted octanol–water partition coefficient (Wildman–Crippen LogP) is 5.06. The van der Waals surface area contributed by atoms with Crippen molar-refractivity contribution >= 4 is 69.4 Å². The van der Waals surface area contributed by atoms with Crippen molar-refractivity contribution in [1.82, 2.24) is 10.6 Å². The Morgan fingerprint density at radius 2 is 1.90 bits per heavy atom. The van der Waals surface area contributed by atoms with Crippen LogP contribution in [0.1, 0.15) is 45.4 Å². The van der Waals surface area contributed by atoms with E-state index in [1.165, 1.54) is 25.3 Å². The maximum absolute atomic E-state index is 12.2. The van der Waals surface area contributed by atoms with Crippen molar-refractivity contribution in [2.24, 2.45) is 0 Å². The number of rotatable bonds is 11. The van der Waals surface area contributed by atoms with E-state index in [0.29, 0.717) is 5.75 Å². The summed E-state index contributed by atoms with van der Waals surface area (Å²) in [5.41, 5.74) is -0.135. The number of alkyl halides is 3. The summed E-state index contributed by atoms with van der Waals surface area (Å²) in [5, 5.41) is 19.2. The van der Waals surface area contributed by atoms with Gasteiger partial charge in [-0.2, -0.15) is 0 Å². The molecule has 8 nitrogen and oxygen atoms in total. The lowest BCUT2D eigenvalue weighted by Gasteiger charge is -2.27. The summed E-state index contributed by atoms with van der Waals surface area (Å²) in [6, 6.07) is 4.21. The molecule has 0 radical (unpaired) electrons. The molecule has 0 aromatic heterocycles. The van der Waals surface area contributed by atoms with E-state index in [-0.39, 0.29) is 28.8 Å². The molecule has 0 bridgehead atoms. The van der Waals surface area contributed by atoms with Gasteiger partial charge in [0.1, 0.15) is 17.6 Å². The van der Waals surface area contributed by atoms with Crippen LogP contribution in [0.25, 0.3) is 0 Å². The molecule has 1 aromatic rings. The Hall–Kier alpha value is -1.55. The molecule has 0 heterocycles. The number of hydrogen-bond donors (Lipinski definition) is 3. The quantitative estimate of drug-likeness (QED) is 0.0975. The fourth-order valence-electron chi connectivity index (χ4n) is 2.51. The van der Waals surface area contributed by atoms with Crippen LogP contribution in [0, 0.1) is 10.1 Å². The predicted molar refractivity (Wildman–Crippen MR) is 125 cm³/mol. The zero-order valence-corrected chi connectivity index (χ0v) is 19.8. The van der Waals surface area contributed by atoms with Crippen molar-refractivity contribution in [3.63, 3.8) is 0 Å². The van der Waals surface area contributed by atoms with Gasteiger partial charge >= 0.3 is 0 Å². The smallest absolute Gasteiger partial charge is 0.296 e. The highest BCUT2D eigenvalue weighted by atomic mass is 35.6. The Labute approximate surface area is 196 Å². The van der Waals surface area contributed by atoms with Gasteiger partial charge in [0.15, 0.2) is 5.11 Å². The van der Waals surface area contributed by atoms with E-state index in [0.717, 1.165) is 32.1 Å². The molecule has 0 aliphatic rings. The van der Waals surface area contributed by atoms with Crippen molar-refractivity contribution < 1.29 is 14.5 Å². The zero-order valence-electron chi connectivity index (χ0n) is 16.7. The number of amides is 1. The molecule has 0 saturated carbocycles. The van der Waals surface area contributed by atoms with Gasteiger partial charge in [0.25, 0.3) is 5.69 Å². The summed E-state index contributed by atoms with van der Waals surface area (Å²) in [7, 11) is 1.40. The van der Waals surface area contributed by atoms with Crippen molar-refractivity contribution in [2.45, 2.75) is 55.4 Å². The third kappa shape index (κ3) is 9.51. The molecule has 0 aliphatic heterocycles. The first-order valence-electron chi connectivity index (χ1n) is 9.34. The lowest BCUT2D eigenvalue weighted by Crippen LogP contribution is -2.56. The number of unbranched alkanes of at least 4 members (excludes halogenated alkanes) is 4. The zero-order chi connectivity index (χ0) is 22.7. The SMILES string of the molecule is CCCCCCCC(=O)N[C@@H](NC(=S)Nc1ccc(OC)cc1[N+](=O)[O-])C(Cl)(Cl)Cl. The van der Waals surface area contributed by atoms with Crippen LogP contribution in [0.3, 0.4) is 0 Å². The number of carbonyl (C=O) groups excluding carboxylic acids is 1. The molecule has 0 spiro atoms. The minimum Gasteiger partial charge on any atom is -0.496 e. The standard InChI is InChI=1S/C18H25Cl3N4O4S/c1-3-4-5-6-7-8-15(26)23-16(18(19,20)21)24-17(30)22-13-10-9-12(29-2)11-14(13)25(27)28/h9-11,16H,3-8H2,1-2H3,(H,23,26)(H2,22,24,30)/t16-/m0/s1. The number of hydrogen-bond acceptors (Lipinski definition) is 5. The number of nitro groups is 1. The van der Waals surface area contributed by atoms with Crippen LogP contribution in [-0.4, -0.2) is 33.0 Å². The number of benzene rings is 1. The third-order valence-electron chi connectivity index (χ3n) is 4.07. The molecule has 168 valence electrons. The van der Waals surface area contributed by atoms with Crippen LogP contribution < -0.4 is 20.7 Å². The molecule has 0 unspecified atom stereocenters. The first-order valence-corrected chi connectivity index (χ1v) is 10.9. The molecule has 30 heavy (non-hydrogen) atoms. The van der Waals surface area contributed by atoms with E-state index in [1.807, 2.05) is 0 Å². The van der Waals surface area contributed by atoms with Crippen molar-refractivity contribution in [2.75, 3.05) is 12.4 Å². The second kappa shape index (κ2) is 13.0. The molecule has 1 aromatic carbocycles. The Balaban J connectivity index is 2.74. The second-order valence-corrected chi connectivity index (χ2v) is 9.22. The van der Waals surface area contributed by atoms with Crippen molar-refractivity contribution in [3.05, 3.63) is 28.3 Å². The van der Waals surface area contributed by atoms with Gasteiger partial charge in [0, 0.05) is 6.42 Å². The number of carbonyl (C=O) groups is 1. The Kier molecular flexibility index (Phi) is 11.5. The number of ether oxygens (including phenoxy) is 1. The van der Waals surface area contributed by atoms with Crippen molar-refractivity contribution in [1.29, 1.82) is 0 Å². The maximum Gasteiger partial charge on any atom is 0.296 e. The van der Waals surface area contributed by atoms with Gasteiger partial charge in [0.05, 0.1) is 18.1 Å². The molecule has 12 heteroatoms. The normalized spacial score (nSPS) is 12.0. The Bertz CT molecular complexity index is 747. The fraction of sp³-hybridized carbons (Fsp3) is 0.556. The number of halogens is 3. The summed E-state index contributed by atoms with van der Waals surface area (Å²) in [6.07, 6.45) is 4.10. The molecule has 0 aliphatic carbocycles. The number of nitrogens with zero attached hydrogens (tertiary/aromatic N) is 1. The second-order valence-electron chi connectivity index (χ2n) is 6.45. The average Bonchev–Trinajstić information content (AvgIpc) is 2.66. The largest absolute Gasteiger partial charge is 0.496 e. The van der Waals surface area contributed by atoms with Crippen LogP contribution in [0.2, 0.25) is 0 Å². The van der Waals surface area contributed by atoms with Gasteiger partial charge in [-0.15, -0.1) is 0 Å². The Morgan fingerprint density at radius 1 is 1.23 bits per heavy atom.